The van der Waals surface area contributed by atoms with Crippen LogP contribution in [0.1, 0.15) is 12.0 Å². The highest BCUT2D eigenvalue weighted by Crippen LogP contribution is 2.29. The third-order valence-corrected chi connectivity index (χ3v) is 4.82. The van der Waals surface area contributed by atoms with Gasteiger partial charge in [-0.15, -0.1) is 0 Å². The van der Waals surface area contributed by atoms with E-state index in [0.29, 0.717) is 52.3 Å². The van der Waals surface area contributed by atoms with Gasteiger partial charge in [0.2, 0.25) is 5.91 Å². The van der Waals surface area contributed by atoms with Crippen LogP contribution in [0.3, 0.4) is 0 Å². The van der Waals surface area contributed by atoms with Crippen molar-refractivity contribution in [1.82, 2.24) is 15.1 Å². The Morgan fingerprint density at radius 2 is 2.00 bits per heavy atom. The van der Waals surface area contributed by atoms with Crippen molar-refractivity contribution in [3.63, 3.8) is 0 Å². The lowest BCUT2D eigenvalue weighted by atomic mass is 10.1. The van der Waals surface area contributed by atoms with E-state index < -0.39 is 6.10 Å². The van der Waals surface area contributed by atoms with Crippen molar-refractivity contribution in [2.24, 2.45) is 0 Å². The molecule has 1 aromatic rings. The fourth-order valence-electron chi connectivity index (χ4n) is 3.35. The molecule has 2 aliphatic heterocycles. The highest BCUT2D eigenvalue weighted by Gasteiger charge is 2.33. The van der Waals surface area contributed by atoms with Gasteiger partial charge in [0.1, 0.15) is 5.75 Å². The molecule has 1 aromatic carbocycles. The van der Waals surface area contributed by atoms with E-state index in [1.54, 1.807) is 7.11 Å². The maximum atomic E-state index is 12.7. The van der Waals surface area contributed by atoms with Crippen molar-refractivity contribution in [3.05, 3.63) is 29.8 Å². The molecule has 0 aliphatic carbocycles. The normalized spacial score (nSPS) is 19.7. The Balaban J connectivity index is 1.39. The summed E-state index contributed by atoms with van der Waals surface area (Å²) in [6.07, 6.45) is 1.04. The van der Waals surface area contributed by atoms with Crippen LogP contribution in [0.15, 0.2) is 24.3 Å². The number of methoxy groups -OCH3 is 1. The first-order chi connectivity index (χ1) is 12.7. The minimum absolute atomic E-state index is 0.0236. The Bertz CT molecular complexity index is 604. The van der Waals surface area contributed by atoms with E-state index in [1.165, 1.54) is 0 Å². The minimum atomic E-state index is -0.414. The Morgan fingerprint density at radius 1 is 1.23 bits per heavy atom. The van der Waals surface area contributed by atoms with Gasteiger partial charge in [-0.05, 0) is 18.1 Å². The molecule has 0 aromatic heterocycles. The van der Waals surface area contributed by atoms with E-state index in [-0.39, 0.29) is 11.8 Å². The second kappa shape index (κ2) is 9.00. The molecule has 7 nitrogen and oxygen atoms in total. The number of piperazine rings is 1. The molecule has 1 fully saturated rings. The van der Waals surface area contributed by atoms with Crippen LogP contribution < -0.4 is 10.1 Å². The summed E-state index contributed by atoms with van der Waals surface area (Å²) in [5.41, 5.74) is 1.09. The van der Waals surface area contributed by atoms with Crippen LogP contribution in [0.4, 0.5) is 0 Å². The topological polar surface area (TPSA) is 71.1 Å². The largest absolute Gasteiger partial charge is 0.480 e. The van der Waals surface area contributed by atoms with Crippen molar-refractivity contribution in [2.75, 3.05) is 53.0 Å². The Kier molecular flexibility index (Phi) is 6.46. The molecule has 0 radical (unpaired) electrons. The van der Waals surface area contributed by atoms with Gasteiger partial charge in [0.05, 0.1) is 6.54 Å². The molecule has 0 spiro atoms. The van der Waals surface area contributed by atoms with Crippen LogP contribution in [0.25, 0.3) is 0 Å². The van der Waals surface area contributed by atoms with Crippen LogP contribution in [0, 0.1) is 0 Å². The zero-order chi connectivity index (χ0) is 18.4. The number of benzene rings is 1. The Labute approximate surface area is 154 Å². The minimum Gasteiger partial charge on any atom is -0.480 e. The summed E-state index contributed by atoms with van der Waals surface area (Å²) in [5.74, 6) is 0.884. The molecule has 1 N–H and O–H groups in total. The van der Waals surface area contributed by atoms with Gasteiger partial charge in [-0.3, -0.25) is 14.5 Å². The van der Waals surface area contributed by atoms with E-state index in [2.05, 4.69) is 10.2 Å². The van der Waals surface area contributed by atoms with Gasteiger partial charge >= 0.3 is 0 Å². The Hall–Kier alpha value is -2.12. The molecule has 1 saturated heterocycles. The van der Waals surface area contributed by atoms with Crippen molar-refractivity contribution in [2.45, 2.75) is 18.9 Å². The molecular weight excluding hydrogens is 334 g/mol. The number of carbonyl (C=O) groups is 2. The SMILES string of the molecule is COCCCNC(=O)CN1CCN(C(=O)[C@@H]2Cc3ccccc3O2)CC1. The highest BCUT2D eigenvalue weighted by atomic mass is 16.5. The number of hydrogen-bond donors (Lipinski definition) is 1. The van der Waals surface area contributed by atoms with E-state index in [1.807, 2.05) is 29.2 Å². The average Bonchev–Trinajstić information content (AvgIpc) is 3.09. The van der Waals surface area contributed by atoms with Gasteiger partial charge in [-0.2, -0.15) is 0 Å². The molecule has 142 valence electrons. The lowest BCUT2D eigenvalue weighted by Gasteiger charge is -2.35. The first kappa shape index (κ1) is 18.7. The molecule has 1 atom stereocenters. The Morgan fingerprint density at radius 3 is 2.73 bits per heavy atom. The molecule has 7 heteroatoms. The molecule has 2 heterocycles. The lowest BCUT2D eigenvalue weighted by Crippen LogP contribution is -2.53. The van der Waals surface area contributed by atoms with Crippen LogP contribution in [0.2, 0.25) is 0 Å². The van der Waals surface area contributed by atoms with Gasteiger partial charge in [-0.25, -0.2) is 0 Å². The number of hydrogen-bond acceptors (Lipinski definition) is 5. The number of para-hydroxylation sites is 1. The van der Waals surface area contributed by atoms with Gasteiger partial charge in [-0.1, -0.05) is 18.2 Å². The molecule has 3 rings (SSSR count). The number of rotatable bonds is 7. The van der Waals surface area contributed by atoms with Crippen molar-refractivity contribution in [1.29, 1.82) is 0 Å². The van der Waals surface area contributed by atoms with Crippen LogP contribution in [-0.4, -0.2) is 80.7 Å². The number of nitrogens with zero attached hydrogens (tertiary/aromatic N) is 2. The van der Waals surface area contributed by atoms with E-state index in [9.17, 15) is 9.59 Å². The number of fused-ring (bicyclic) bond motifs is 1. The van der Waals surface area contributed by atoms with E-state index >= 15 is 0 Å². The monoisotopic (exact) mass is 361 g/mol. The van der Waals surface area contributed by atoms with Crippen molar-refractivity contribution >= 4 is 11.8 Å². The molecular formula is C19H27N3O4. The molecule has 0 saturated carbocycles. The standard InChI is InChI=1S/C19H27N3O4/c1-25-12-4-7-20-18(23)14-21-8-10-22(11-9-21)19(24)17-13-15-5-2-3-6-16(15)26-17/h2-3,5-6,17H,4,7-14H2,1H3,(H,20,23)/t17-/m0/s1. The number of carbonyl (C=O) groups excluding carboxylic acids is 2. The maximum Gasteiger partial charge on any atom is 0.264 e. The summed E-state index contributed by atoms with van der Waals surface area (Å²) >= 11 is 0. The number of nitrogens with one attached hydrogen (secondary N) is 1. The van der Waals surface area contributed by atoms with Crippen molar-refractivity contribution < 1.29 is 19.1 Å². The van der Waals surface area contributed by atoms with Gasteiger partial charge in [0, 0.05) is 52.9 Å². The summed E-state index contributed by atoms with van der Waals surface area (Å²) in [4.78, 5) is 28.6. The number of amides is 2. The second-order valence-corrected chi connectivity index (χ2v) is 6.72. The zero-order valence-corrected chi connectivity index (χ0v) is 15.3. The molecule has 2 amide bonds. The quantitative estimate of drug-likeness (QED) is 0.707. The summed E-state index contributed by atoms with van der Waals surface area (Å²) < 4.78 is 10.8. The van der Waals surface area contributed by atoms with Crippen LogP contribution >= 0.6 is 0 Å². The van der Waals surface area contributed by atoms with E-state index in [4.69, 9.17) is 9.47 Å². The van der Waals surface area contributed by atoms with E-state index in [0.717, 1.165) is 17.7 Å². The predicted octanol–water partition coefficient (Wildman–Crippen LogP) is 0.287. The first-order valence-electron chi connectivity index (χ1n) is 9.18. The zero-order valence-electron chi connectivity index (χ0n) is 15.3. The second-order valence-electron chi connectivity index (χ2n) is 6.72. The predicted molar refractivity (Wildman–Crippen MR) is 97.1 cm³/mol. The summed E-state index contributed by atoms with van der Waals surface area (Å²) in [7, 11) is 1.65. The summed E-state index contributed by atoms with van der Waals surface area (Å²) in [6.45, 7) is 4.32. The number of ether oxygens (including phenoxy) is 2. The molecule has 26 heavy (non-hydrogen) atoms. The maximum absolute atomic E-state index is 12.7. The summed E-state index contributed by atoms with van der Waals surface area (Å²) in [6, 6.07) is 7.80. The fraction of sp³-hybridized carbons (Fsp3) is 0.579. The van der Waals surface area contributed by atoms with Crippen LogP contribution in [0.5, 0.6) is 5.75 Å². The smallest absolute Gasteiger partial charge is 0.264 e. The lowest BCUT2D eigenvalue weighted by molar-refractivity contribution is -0.139. The fourth-order valence-corrected chi connectivity index (χ4v) is 3.35. The van der Waals surface area contributed by atoms with Gasteiger partial charge in [0.25, 0.3) is 5.91 Å². The van der Waals surface area contributed by atoms with Crippen LogP contribution in [-0.2, 0) is 20.7 Å². The average molecular weight is 361 g/mol. The summed E-state index contributed by atoms with van der Waals surface area (Å²) in [5, 5.41) is 2.89. The first-order valence-corrected chi connectivity index (χ1v) is 9.18. The molecule has 0 unspecified atom stereocenters. The van der Waals surface area contributed by atoms with Gasteiger partial charge < -0.3 is 19.7 Å². The van der Waals surface area contributed by atoms with Crippen molar-refractivity contribution in [3.8, 4) is 5.75 Å². The third-order valence-electron chi connectivity index (χ3n) is 4.82. The third kappa shape index (κ3) is 4.74. The van der Waals surface area contributed by atoms with Gasteiger partial charge in [0.15, 0.2) is 6.10 Å². The highest BCUT2D eigenvalue weighted by molar-refractivity contribution is 5.83. The molecule has 2 aliphatic rings. The molecule has 0 bridgehead atoms.